The molecule has 148 valence electrons. The second-order valence-corrected chi connectivity index (χ2v) is 9.30. The Morgan fingerprint density at radius 3 is 2.57 bits per heavy atom. The lowest BCUT2D eigenvalue weighted by molar-refractivity contribution is -0.116. The summed E-state index contributed by atoms with van der Waals surface area (Å²) in [5.41, 5.74) is 0.948. The highest BCUT2D eigenvalue weighted by Crippen LogP contribution is 2.34. The first-order valence-electron chi connectivity index (χ1n) is 8.75. The van der Waals surface area contributed by atoms with Crippen molar-refractivity contribution in [3.63, 3.8) is 0 Å². The van der Waals surface area contributed by atoms with E-state index in [1.54, 1.807) is 40.1 Å². The van der Waals surface area contributed by atoms with Gasteiger partial charge in [0.1, 0.15) is 5.82 Å². The molecule has 3 rings (SSSR count). The summed E-state index contributed by atoms with van der Waals surface area (Å²) in [6.07, 6.45) is 2.03. The number of thioether (sulfide) groups is 2. The van der Waals surface area contributed by atoms with Crippen molar-refractivity contribution in [2.24, 2.45) is 0 Å². The predicted molar refractivity (Wildman–Crippen MR) is 119 cm³/mol. The first kappa shape index (κ1) is 21.1. The molecule has 0 aliphatic carbocycles. The average Bonchev–Trinajstić information content (AvgIpc) is 3.11. The van der Waals surface area contributed by atoms with Crippen LogP contribution in [0.2, 0.25) is 0 Å². The molecular weight excluding hydrogens is 413 g/mol. The lowest BCUT2D eigenvalue weighted by Crippen LogP contribution is -2.37. The molecule has 4 nitrogen and oxygen atoms in total. The Morgan fingerprint density at radius 1 is 1.14 bits per heavy atom. The number of thiazole rings is 1. The number of benzene rings is 2. The number of carbonyl (C=O) groups is 1. The molecule has 1 aromatic heterocycles. The van der Waals surface area contributed by atoms with E-state index in [0.29, 0.717) is 6.54 Å². The molecule has 0 saturated carbocycles. The van der Waals surface area contributed by atoms with Crippen LogP contribution in [0.1, 0.15) is 0 Å². The van der Waals surface area contributed by atoms with Crippen LogP contribution in [-0.4, -0.2) is 55.0 Å². The van der Waals surface area contributed by atoms with Crippen molar-refractivity contribution < 1.29 is 9.18 Å². The molecular formula is C20H22FN3OS3. The van der Waals surface area contributed by atoms with Crippen molar-refractivity contribution >= 4 is 56.1 Å². The highest BCUT2D eigenvalue weighted by atomic mass is 32.2. The number of amides is 1. The second-order valence-electron chi connectivity index (χ2n) is 6.39. The third kappa shape index (κ3) is 5.26. The minimum atomic E-state index is -0.276. The van der Waals surface area contributed by atoms with Gasteiger partial charge in [-0.2, -0.15) is 0 Å². The summed E-state index contributed by atoms with van der Waals surface area (Å²) < 4.78 is 14.2. The van der Waals surface area contributed by atoms with Gasteiger partial charge in [0, 0.05) is 22.9 Å². The molecule has 0 spiro atoms. The molecule has 0 atom stereocenters. The molecule has 3 aromatic rings. The fourth-order valence-electron chi connectivity index (χ4n) is 2.57. The largest absolute Gasteiger partial charge is 0.308 e. The number of nitrogens with zero attached hydrogens (tertiary/aromatic N) is 3. The minimum absolute atomic E-state index is 0.000864. The highest BCUT2D eigenvalue weighted by Gasteiger charge is 2.21. The average molecular weight is 436 g/mol. The van der Waals surface area contributed by atoms with Crippen molar-refractivity contribution in [2.75, 3.05) is 44.1 Å². The molecule has 1 amide bonds. The Labute approximate surface area is 177 Å². The third-order valence-electron chi connectivity index (χ3n) is 4.07. The summed E-state index contributed by atoms with van der Waals surface area (Å²) in [6.45, 7) is 1.32. The summed E-state index contributed by atoms with van der Waals surface area (Å²) in [5, 5.41) is 0.725. The van der Waals surface area contributed by atoms with E-state index in [1.165, 1.54) is 23.9 Å². The zero-order valence-corrected chi connectivity index (χ0v) is 18.5. The summed E-state index contributed by atoms with van der Waals surface area (Å²) in [4.78, 5) is 23.6. The van der Waals surface area contributed by atoms with E-state index in [-0.39, 0.29) is 17.5 Å². The van der Waals surface area contributed by atoms with Gasteiger partial charge in [-0.3, -0.25) is 9.69 Å². The third-order valence-corrected chi connectivity index (χ3v) is 6.88. The van der Waals surface area contributed by atoms with Crippen molar-refractivity contribution in [1.29, 1.82) is 0 Å². The van der Waals surface area contributed by atoms with Crippen molar-refractivity contribution in [3.05, 3.63) is 48.3 Å². The summed E-state index contributed by atoms with van der Waals surface area (Å²) in [5.74, 6) is 0.00739. The normalized spacial score (nSPS) is 11.3. The molecule has 0 aliphatic rings. The highest BCUT2D eigenvalue weighted by molar-refractivity contribution is 8.00. The van der Waals surface area contributed by atoms with Crippen LogP contribution in [0.4, 0.5) is 9.52 Å². The number of para-hydroxylation sites is 1. The van der Waals surface area contributed by atoms with Crippen LogP contribution >= 0.6 is 34.9 Å². The Hall–Kier alpha value is -1.61. The number of anilines is 1. The van der Waals surface area contributed by atoms with Crippen LogP contribution in [0.5, 0.6) is 0 Å². The number of hydrogen-bond donors (Lipinski definition) is 0. The Balaban J connectivity index is 1.81. The molecule has 0 aliphatic heterocycles. The lowest BCUT2D eigenvalue weighted by atomic mass is 10.3. The van der Waals surface area contributed by atoms with Crippen LogP contribution < -0.4 is 4.90 Å². The zero-order valence-electron chi connectivity index (χ0n) is 16.0. The van der Waals surface area contributed by atoms with Gasteiger partial charge in [-0.05, 0) is 56.7 Å². The van der Waals surface area contributed by atoms with E-state index in [1.807, 2.05) is 43.5 Å². The van der Waals surface area contributed by atoms with Crippen LogP contribution in [0.3, 0.4) is 0 Å². The second kappa shape index (κ2) is 9.73. The fourth-order valence-corrected chi connectivity index (χ4v) is 5.01. The molecule has 2 aromatic carbocycles. The van der Waals surface area contributed by atoms with Gasteiger partial charge in [0.2, 0.25) is 5.91 Å². The number of likely N-dealkylation sites (N-methyl/N-ethyl adjacent to an activating group) is 1. The molecule has 28 heavy (non-hydrogen) atoms. The van der Waals surface area contributed by atoms with E-state index in [2.05, 4.69) is 0 Å². The quantitative estimate of drug-likeness (QED) is 0.473. The van der Waals surface area contributed by atoms with Gasteiger partial charge in [0.15, 0.2) is 5.13 Å². The van der Waals surface area contributed by atoms with Crippen LogP contribution in [0.25, 0.3) is 10.2 Å². The molecule has 0 fully saturated rings. The zero-order chi connectivity index (χ0) is 20.1. The number of carbonyl (C=O) groups excluding carboxylic acids is 1. The van der Waals surface area contributed by atoms with Crippen molar-refractivity contribution in [1.82, 2.24) is 9.88 Å². The van der Waals surface area contributed by atoms with E-state index < -0.39 is 0 Å². The maximum absolute atomic E-state index is 13.1. The summed E-state index contributed by atoms with van der Waals surface area (Å²) in [6, 6.07) is 12.3. The smallest absolute Gasteiger partial charge is 0.239 e. The molecule has 0 N–H and O–H groups in total. The van der Waals surface area contributed by atoms with E-state index in [0.717, 1.165) is 31.7 Å². The van der Waals surface area contributed by atoms with E-state index in [9.17, 15) is 9.18 Å². The van der Waals surface area contributed by atoms with Crippen LogP contribution in [0, 0.1) is 5.82 Å². The molecule has 0 saturated heterocycles. The number of fused-ring (bicyclic) bond motifs is 1. The summed E-state index contributed by atoms with van der Waals surface area (Å²) in [7, 11) is 3.97. The van der Waals surface area contributed by atoms with E-state index >= 15 is 0 Å². The predicted octanol–water partition coefficient (Wildman–Crippen LogP) is 4.84. The number of halogens is 1. The molecule has 8 heteroatoms. The van der Waals surface area contributed by atoms with Gasteiger partial charge >= 0.3 is 0 Å². The van der Waals surface area contributed by atoms with Gasteiger partial charge in [0.25, 0.3) is 0 Å². The first-order valence-corrected chi connectivity index (χ1v) is 11.8. The Bertz CT molecular complexity index is 944. The number of hydrogen-bond acceptors (Lipinski definition) is 6. The molecule has 0 unspecified atom stereocenters. The number of aromatic nitrogens is 1. The molecule has 1 heterocycles. The van der Waals surface area contributed by atoms with Crippen molar-refractivity contribution in [3.8, 4) is 0 Å². The van der Waals surface area contributed by atoms with Gasteiger partial charge in [0.05, 0.1) is 16.0 Å². The lowest BCUT2D eigenvalue weighted by Gasteiger charge is -2.21. The monoisotopic (exact) mass is 435 g/mol. The number of rotatable bonds is 8. The molecule has 0 radical (unpaired) electrons. The Kier molecular flexibility index (Phi) is 7.34. The fraction of sp³-hybridized carbons (Fsp3) is 0.300. The SMILES string of the molecule is CSc1cccc2sc(N(CCN(C)C)C(=O)CSc3ccc(F)cc3)nc12. The van der Waals surface area contributed by atoms with Crippen molar-refractivity contribution in [2.45, 2.75) is 9.79 Å². The minimum Gasteiger partial charge on any atom is -0.308 e. The van der Waals surface area contributed by atoms with Crippen LogP contribution in [-0.2, 0) is 4.79 Å². The molecule has 0 bridgehead atoms. The maximum atomic E-state index is 13.1. The summed E-state index contributed by atoms with van der Waals surface area (Å²) >= 11 is 4.61. The van der Waals surface area contributed by atoms with Gasteiger partial charge in [-0.1, -0.05) is 17.4 Å². The van der Waals surface area contributed by atoms with Gasteiger partial charge < -0.3 is 4.90 Å². The Morgan fingerprint density at radius 2 is 1.89 bits per heavy atom. The maximum Gasteiger partial charge on any atom is 0.239 e. The van der Waals surface area contributed by atoms with Crippen LogP contribution in [0.15, 0.2) is 52.3 Å². The van der Waals surface area contributed by atoms with Gasteiger partial charge in [-0.15, -0.1) is 23.5 Å². The van der Waals surface area contributed by atoms with E-state index in [4.69, 9.17) is 4.98 Å². The topological polar surface area (TPSA) is 36.4 Å². The first-order chi connectivity index (χ1) is 13.5. The standard InChI is InChI=1S/C20H22FN3OS3/c1-23(2)11-12-24(18(25)13-27-15-9-7-14(21)8-10-15)20-22-19-16(26-3)5-4-6-17(19)28-20/h4-10H,11-13H2,1-3H3. The van der Waals surface area contributed by atoms with Gasteiger partial charge in [-0.25, -0.2) is 9.37 Å².